The number of nitrogens with two attached hydrogens (primary N) is 1. The van der Waals surface area contributed by atoms with Crippen molar-refractivity contribution in [3.8, 4) is 5.69 Å². The van der Waals surface area contributed by atoms with Gasteiger partial charge in [0.1, 0.15) is 0 Å². The molecule has 98 valence electrons. The molecule has 19 heavy (non-hydrogen) atoms. The molecular formula is C12H12N4O3. The summed E-state index contributed by atoms with van der Waals surface area (Å²) in [6.45, 7) is 0. The fraction of sp³-hybridized carbons (Fsp3) is 0.0833. The van der Waals surface area contributed by atoms with Crippen LogP contribution in [-0.2, 0) is 4.74 Å². The second-order valence-corrected chi connectivity index (χ2v) is 3.67. The smallest absolute Gasteiger partial charge is 0.358 e. The van der Waals surface area contributed by atoms with Crippen molar-refractivity contribution in [3.05, 3.63) is 47.8 Å². The van der Waals surface area contributed by atoms with Crippen LogP contribution < -0.4 is 5.73 Å². The largest absolute Gasteiger partial charge is 0.464 e. The van der Waals surface area contributed by atoms with Gasteiger partial charge in [-0.05, 0) is 30.3 Å². The van der Waals surface area contributed by atoms with Gasteiger partial charge in [0.2, 0.25) is 0 Å². The van der Waals surface area contributed by atoms with Crippen LogP contribution >= 0.6 is 0 Å². The van der Waals surface area contributed by atoms with Crippen LogP contribution in [0.15, 0.2) is 41.7 Å². The van der Waals surface area contributed by atoms with Gasteiger partial charge < -0.3 is 15.7 Å². The first kappa shape index (κ1) is 12.6. The van der Waals surface area contributed by atoms with E-state index in [2.05, 4.69) is 15.0 Å². The van der Waals surface area contributed by atoms with Crippen molar-refractivity contribution in [2.24, 2.45) is 10.9 Å². The van der Waals surface area contributed by atoms with Crippen molar-refractivity contribution in [2.45, 2.75) is 0 Å². The second kappa shape index (κ2) is 5.21. The van der Waals surface area contributed by atoms with Crippen molar-refractivity contribution < 1.29 is 14.7 Å². The fourth-order valence-corrected chi connectivity index (χ4v) is 1.52. The Morgan fingerprint density at radius 2 is 2.05 bits per heavy atom. The molecule has 0 amide bonds. The molecule has 2 rings (SSSR count). The molecule has 0 unspecified atom stereocenters. The normalized spacial score (nSPS) is 11.3. The first-order chi connectivity index (χ1) is 9.15. The topological polar surface area (TPSA) is 103 Å². The number of benzene rings is 1. The Labute approximate surface area is 108 Å². The minimum atomic E-state index is -0.493. The summed E-state index contributed by atoms with van der Waals surface area (Å²) in [5.41, 5.74) is 7.02. The van der Waals surface area contributed by atoms with E-state index < -0.39 is 5.97 Å². The molecule has 0 radical (unpaired) electrons. The van der Waals surface area contributed by atoms with Gasteiger partial charge in [0.05, 0.1) is 12.8 Å². The van der Waals surface area contributed by atoms with Gasteiger partial charge in [-0.15, -0.1) is 0 Å². The zero-order valence-electron chi connectivity index (χ0n) is 10.1. The Morgan fingerprint density at radius 1 is 1.37 bits per heavy atom. The molecule has 7 nitrogen and oxygen atoms in total. The van der Waals surface area contributed by atoms with Crippen LogP contribution in [0, 0.1) is 0 Å². The number of esters is 1. The Bertz CT molecular complexity index is 616. The maximum Gasteiger partial charge on any atom is 0.358 e. The summed E-state index contributed by atoms with van der Waals surface area (Å²) >= 11 is 0. The van der Waals surface area contributed by atoms with Gasteiger partial charge in [-0.2, -0.15) is 5.10 Å². The van der Waals surface area contributed by atoms with Gasteiger partial charge in [0.15, 0.2) is 11.5 Å². The predicted octanol–water partition coefficient (Wildman–Crippen LogP) is 0.753. The molecule has 7 heteroatoms. The van der Waals surface area contributed by atoms with Crippen LogP contribution in [0.3, 0.4) is 0 Å². The lowest BCUT2D eigenvalue weighted by molar-refractivity contribution is 0.0593. The van der Waals surface area contributed by atoms with Crippen LogP contribution in [0.5, 0.6) is 0 Å². The van der Waals surface area contributed by atoms with E-state index in [-0.39, 0.29) is 11.5 Å². The van der Waals surface area contributed by atoms with Gasteiger partial charge in [-0.25, -0.2) is 9.48 Å². The van der Waals surface area contributed by atoms with Gasteiger partial charge in [0.25, 0.3) is 0 Å². The van der Waals surface area contributed by atoms with Gasteiger partial charge in [0, 0.05) is 11.8 Å². The Morgan fingerprint density at radius 3 is 2.63 bits per heavy atom. The van der Waals surface area contributed by atoms with Gasteiger partial charge >= 0.3 is 5.97 Å². The first-order valence-corrected chi connectivity index (χ1v) is 5.38. The average molecular weight is 260 g/mol. The van der Waals surface area contributed by atoms with Crippen molar-refractivity contribution >= 4 is 11.8 Å². The Balaban J connectivity index is 2.27. The molecule has 1 aromatic carbocycles. The Hall–Kier alpha value is -2.83. The maximum atomic E-state index is 11.3. The number of nitrogens with zero attached hydrogens (tertiary/aromatic N) is 3. The third-order valence-corrected chi connectivity index (χ3v) is 2.52. The predicted molar refractivity (Wildman–Crippen MR) is 67.4 cm³/mol. The van der Waals surface area contributed by atoms with E-state index in [4.69, 9.17) is 10.9 Å². The molecular weight excluding hydrogens is 248 g/mol. The molecule has 3 N–H and O–H groups in total. The molecule has 0 spiro atoms. The maximum absolute atomic E-state index is 11.3. The number of carbonyl (C=O) groups excluding carboxylic acids is 1. The van der Waals surface area contributed by atoms with Gasteiger partial charge in [-0.3, -0.25) is 0 Å². The summed E-state index contributed by atoms with van der Waals surface area (Å²) in [7, 11) is 1.30. The summed E-state index contributed by atoms with van der Waals surface area (Å²) in [6, 6.07) is 8.40. The highest BCUT2D eigenvalue weighted by Crippen LogP contribution is 2.10. The molecule has 0 saturated heterocycles. The number of oxime groups is 1. The average Bonchev–Trinajstić information content (AvgIpc) is 2.95. The van der Waals surface area contributed by atoms with E-state index in [1.165, 1.54) is 11.8 Å². The molecule has 0 aliphatic carbocycles. The number of rotatable bonds is 3. The van der Waals surface area contributed by atoms with Crippen molar-refractivity contribution in [1.29, 1.82) is 0 Å². The van der Waals surface area contributed by atoms with Crippen LogP contribution in [0.25, 0.3) is 5.69 Å². The third-order valence-electron chi connectivity index (χ3n) is 2.52. The fourth-order valence-electron chi connectivity index (χ4n) is 1.52. The lowest BCUT2D eigenvalue weighted by Gasteiger charge is -2.03. The Kier molecular flexibility index (Phi) is 3.46. The summed E-state index contributed by atoms with van der Waals surface area (Å²) in [6.07, 6.45) is 1.64. The second-order valence-electron chi connectivity index (χ2n) is 3.67. The summed E-state index contributed by atoms with van der Waals surface area (Å²) < 4.78 is 6.11. The molecule has 2 aromatic rings. The van der Waals surface area contributed by atoms with E-state index in [0.717, 1.165) is 5.69 Å². The summed E-state index contributed by atoms with van der Waals surface area (Å²) in [4.78, 5) is 11.3. The number of hydrogen-bond acceptors (Lipinski definition) is 5. The van der Waals surface area contributed by atoms with E-state index in [9.17, 15) is 4.79 Å². The highest BCUT2D eigenvalue weighted by Gasteiger charge is 2.09. The van der Waals surface area contributed by atoms with Crippen molar-refractivity contribution in [1.82, 2.24) is 9.78 Å². The zero-order chi connectivity index (χ0) is 13.8. The van der Waals surface area contributed by atoms with E-state index in [1.807, 2.05) is 0 Å². The van der Waals surface area contributed by atoms with Crippen LogP contribution in [-0.4, -0.2) is 33.9 Å². The zero-order valence-corrected chi connectivity index (χ0v) is 10.1. The van der Waals surface area contributed by atoms with Crippen LogP contribution in [0.2, 0.25) is 0 Å². The SMILES string of the molecule is COC(=O)c1ccn(-c2ccc(/C(N)=N/O)cc2)n1. The monoisotopic (exact) mass is 260 g/mol. The molecule has 1 aromatic heterocycles. The number of carbonyl (C=O) groups is 1. The minimum Gasteiger partial charge on any atom is -0.464 e. The number of aromatic nitrogens is 2. The van der Waals surface area contributed by atoms with E-state index >= 15 is 0 Å². The molecule has 0 bridgehead atoms. The van der Waals surface area contributed by atoms with Crippen LogP contribution in [0.4, 0.5) is 0 Å². The van der Waals surface area contributed by atoms with E-state index in [1.54, 1.807) is 36.5 Å². The number of hydrogen-bond donors (Lipinski definition) is 2. The number of methoxy groups -OCH3 is 1. The minimum absolute atomic E-state index is 0.0299. The standard InChI is InChI=1S/C12H12N4O3/c1-19-12(17)10-6-7-16(14-10)9-4-2-8(3-5-9)11(13)15-18/h2-7,18H,1H3,(H2,13,15). The quantitative estimate of drug-likeness (QED) is 0.279. The van der Waals surface area contributed by atoms with Crippen molar-refractivity contribution in [3.63, 3.8) is 0 Å². The summed E-state index contributed by atoms with van der Waals surface area (Å²) in [5.74, 6) is -0.464. The first-order valence-electron chi connectivity index (χ1n) is 5.38. The number of amidine groups is 1. The molecule has 0 atom stereocenters. The molecule has 0 fully saturated rings. The number of ether oxygens (including phenoxy) is 1. The molecule has 0 aliphatic heterocycles. The van der Waals surface area contributed by atoms with E-state index in [0.29, 0.717) is 5.56 Å². The molecule has 1 heterocycles. The van der Waals surface area contributed by atoms with Crippen molar-refractivity contribution in [2.75, 3.05) is 7.11 Å². The lowest BCUT2D eigenvalue weighted by atomic mass is 10.2. The van der Waals surface area contributed by atoms with Crippen LogP contribution in [0.1, 0.15) is 16.1 Å². The highest BCUT2D eigenvalue weighted by atomic mass is 16.5. The molecule has 0 saturated carbocycles. The van der Waals surface area contributed by atoms with Gasteiger partial charge in [-0.1, -0.05) is 5.16 Å². The lowest BCUT2D eigenvalue weighted by Crippen LogP contribution is -2.13. The molecule has 0 aliphatic rings. The highest BCUT2D eigenvalue weighted by molar-refractivity contribution is 5.97. The summed E-state index contributed by atoms with van der Waals surface area (Å²) in [5, 5.41) is 15.5. The third kappa shape index (κ3) is 2.54.